The van der Waals surface area contributed by atoms with E-state index in [1.54, 1.807) is 0 Å². The van der Waals surface area contributed by atoms with Gasteiger partial charge >= 0.3 is 0 Å². The molecule has 0 saturated heterocycles. The Balaban J connectivity index is 2.40. The number of hydrogen-bond acceptors (Lipinski definition) is 1. The molecule has 0 spiro atoms. The lowest BCUT2D eigenvalue weighted by Crippen LogP contribution is -1.87. The van der Waals surface area contributed by atoms with Gasteiger partial charge in [-0.15, -0.1) is 0 Å². The molecule has 0 aromatic heterocycles. The predicted octanol–water partition coefficient (Wildman–Crippen LogP) is 3.70. The van der Waals surface area contributed by atoms with E-state index in [9.17, 15) is 0 Å². The van der Waals surface area contributed by atoms with Crippen molar-refractivity contribution in [1.29, 1.82) is 0 Å². The summed E-state index contributed by atoms with van der Waals surface area (Å²) in [6.45, 7) is 2.10. The van der Waals surface area contributed by atoms with Gasteiger partial charge in [-0.1, -0.05) is 42.0 Å². The summed E-state index contributed by atoms with van der Waals surface area (Å²) in [5, 5.41) is 3.15. The molecule has 1 heteroatoms. The summed E-state index contributed by atoms with van der Waals surface area (Å²) in [5.74, 6) is 0. The highest BCUT2D eigenvalue weighted by Gasteiger charge is 1.97. The zero-order valence-corrected chi connectivity index (χ0v) is 9.12. The van der Waals surface area contributed by atoms with Gasteiger partial charge in [0.05, 0.1) is 0 Å². The second-order valence-corrected chi connectivity index (χ2v) is 3.70. The van der Waals surface area contributed by atoms with Crippen molar-refractivity contribution in [2.45, 2.75) is 6.92 Å². The van der Waals surface area contributed by atoms with E-state index in [2.05, 4.69) is 60.8 Å². The molecule has 2 aromatic rings. The van der Waals surface area contributed by atoms with Gasteiger partial charge in [0.15, 0.2) is 0 Å². The van der Waals surface area contributed by atoms with Crippen molar-refractivity contribution in [1.82, 2.24) is 0 Å². The highest BCUT2D eigenvalue weighted by atomic mass is 14.8. The topological polar surface area (TPSA) is 12.0 Å². The minimum Gasteiger partial charge on any atom is -0.388 e. The van der Waals surface area contributed by atoms with Gasteiger partial charge < -0.3 is 5.32 Å². The Bertz CT molecular complexity index is 443. The average molecular weight is 197 g/mol. The van der Waals surface area contributed by atoms with Gasteiger partial charge in [-0.25, -0.2) is 0 Å². The second kappa shape index (κ2) is 4.18. The maximum Gasteiger partial charge on any atom is 0.0343 e. The third kappa shape index (κ3) is 2.18. The lowest BCUT2D eigenvalue weighted by molar-refractivity contribution is 1.46. The average Bonchev–Trinajstić information content (AvgIpc) is 2.30. The Hall–Kier alpha value is -1.76. The van der Waals surface area contributed by atoms with Crippen molar-refractivity contribution in [2.75, 3.05) is 12.4 Å². The summed E-state index contributed by atoms with van der Waals surface area (Å²) in [6, 6.07) is 17.0. The number of benzene rings is 2. The molecule has 0 amide bonds. The molecular formula is C14H15N. The van der Waals surface area contributed by atoms with Crippen LogP contribution in [0.2, 0.25) is 0 Å². The molecule has 15 heavy (non-hydrogen) atoms. The van der Waals surface area contributed by atoms with Gasteiger partial charge in [-0.05, 0) is 30.2 Å². The van der Waals surface area contributed by atoms with E-state index in [1.165, 1.54) is 16.7 Å². The van der Waals surface area contributed by atoms with Crippen molar-refractivity contribution in [3.8, 4) is 11.1 Å². The molecule has 76 valence electrons. The minimum atomic E-state index is 1.15. The normalized spacial score (nSPS) is 10.0. The van der Waals surface area contributed by atoms with E-state index >= 15 is 0 Å². The molecule has 0 radical (unpaired) electrons. The first-order chi connectivity index (χ1) is 7.29. The van der Waals surface area contributed by atoms with E-state index in [0.717, 1.165) is 5.69 Å². The first kappa shape index (κ1) is 9.78. The Morgan fingerprint density at radius 3 is 2.27 bits per heavy atom. The van der Waals surface area contributed by atoms with Crippen LogP contribution in [0.5, 0.6) is 0 Å². The number of nitrogens with one attached hydrogen (secondary N) is 1. The summed E-state index contributed by atoms with van der Waals surface area (Å²) in [4.78, 5) is 0. The van der Waals surface area contributed by atoms with Crippen molar-refractivity contribution >= 4 is 5.69 Å². The van der Waals surface area contributed by atoms with Crippen LogP contribution in [0.15, 0.2) is 48.5 Å². The van der Waals surface area contributed by atoms with Crippen LogP contribution in [0.3, 0.4) is 0 Å². The summed E-state index contributed by atoms with van der Waals surface area (Å²) < 4.78 is 0. The summed E-state index contributed by atoms with van der Waals surface area (Å²) in [6.07, 6.45) is 0. The van der Waals surface area contributed by atoms with Crippen LogP contribution >= 0.6 is 0 Å². The maximum atomic E-state index is 3.15. The maximum absolute atomic E-state index is 3.15. The quantitative estimate of drug-likeness (QED) is 0.774. The fourth-order valence-corrected chi connectivity index (χ4v) is 1.60. The molecule has 2 rings (SSSR count). The van der Waals surface area contributed by atoms with Crippen LogP contribution in [-0.4, -0.2) is 7.05 Å². The van der Waals surface area contributed by atoms with Crippen molar-refractivity contribution in [3.05, 3.63) is 54.1 Å². The SMILES string of the molecule is CNc1cccc(-c2ccc(C)cc2)c1. The lowest BCUT2D eigenvalue weighted by atomic mass is 10.0. The zero-order valence-electron chi connectivity index (χ0n) is 9.12. The van der Waals surface area contributed by atoms with Gasteiger partial charge in [0.2, 0.25) is 0 Å². The van der Waals surface area contributed by atoms with Crippen LogP contribution in [-0.2, 0) is 0 Å². The van der Waals surface area contributed by atoms with E-state index in [0.29, 0.717) is 0 Å². The number of aryl methyl sites for hydroxylation is 1. The van der Waals surface area contributed by atoms with Crippen molar-refractivity contribution in [3.63, 3.8) is 0 Å². The summed E-state index contributed by atoms with van der Waals surface area (Å²) >= 11 is 0. The predicted molar refractivity (Wildman–Crippen MR) is 66.2 cm³/mol. The van der Waals surface area contributed by atoms with E-state index < -0.39 is 0 Å². The van der Waals surface area contributed by atoms with Crippen LogP contribution in [0.1, 0.15) is 5.56 Å². The van der Waals surface area contributed by atoms with Crippen molar-refractivity contribution < 1.29 is 0 Å². The number of anilines is 1. The second-order valence-electron chi connectivity index (χ2n) is 3.70. The molecule has 1 nitrogen and oxygen atoms in total. The minimum absolute atomic E-state index is 1.15. The molecule has 0 fully saturated rings. The lowest BCUT2D eigenvalue weighted by Gasteiger charge is -2.05. The first-order valence-electron chi connectivity index (χ1n) is 5.14. The molecule has 0 heterocycles. The van der Waals surface area contributed by atoms with Gasteiger partial charge in [0.1, 0.15) is 0 Å². The van der Waals surface area contributed by atoms with Crippen LogP contribution < -0.4 is 5.32 Å². The van der Waals surface area contributed by atoms with Gasteiger partial charge in [-0.3, -0.25) is 0 Å². The molecule has 0 saturated carbocycles. The number of hydrogen-bond donors (Lipinski definition) is 1. The molecule has 0 unspecified atom stereocenters. The first-order valence-corrected chi connectivity index (χ1v) is 5.14. The molecule has 2 aromatic carbocycles. The van der Waals surface area contributed by atoms with Gasteiger partial charge in [0.25, 0.3) is 0 Å². The number of rotatable bonds is 2. The largest absolute Gasteiger partial charge is 0.388 e. The standard InChI is InChI=1S/C14H15N/c1-11-6-8-12(9-7-11)13-4-3-5-14(10-13)15-2/h3-10,15H,1-2H3. The molecule has 0 aliphatic heterocycles. The van der Waals surface area contributed by atoms with E-state index in [-0.39, 0.29) is 0 Å². The van der Waals surface area contributed by atoms with E-state index in [4.69, 9.17) is 0 Å². The smallest absolute Gasteiger partial charge is 0.0343 e. The van der Waals surface area contributed by atoms with Crippen LogP contribution in [0.4, 0.5) is 5.69 Å². The Morgan fingerprint density at radius 2 is 1.60 bits per heavy atom. The van der Waals surface area contributed by atoms with Crippen LogP contribution in [0, 0.1) is 6.92 Å². The molecule has 0 bridgehead atoms. The van der Waals surface area contributed by atoms with Crippen molar-refractivity contribution in [2.24, 2.45) is 0 Å². The molecule has 0 aliphatic carbocycles. The third-order valence-electron chi connectivity index (χ3n) is 2.54. The highest BCUT2D eigenvalue weighted by molar-refractivity contribution is 5.68. The Kier molecular flexibility index (Phi) is 2.72. The fourth-order valence-electron chi connectivity index (χ4n) is 1.60. The highest BCUT2D eigenvalue weighted by Crippen LogP contribution is 2.22. The Morgan fingerprint density at radius 1 is 0.867 bits per heavy atom. The molecular weight excluding hydrogens is 182 g/mol. The third-order valence-corrected chi connectivity index (χ3v) is 2.54. The Labute approximate surface area is 90.8 Å². The molecule has 0 atom stereocenters. The monoisotopic (exact) mass is 197 g/mol. The molecule has 0 aliphatic rings. The summed E-state index contributed by atoms with van der Waals surface area (Å²) in [7, 11) is 1.94. The van der Waals surface area contributed by atoms with Gasteiger partial charge in [-0.2, -0.15) is 0 Å². The van der Waals surface area contributed by atoms with Gasteiger partial charge in [0, 0.05) is 12.7 Å². The van der Waals surface area contributed by atoms with E-state index in [1.807, 2.05) is 7.05 Å². The fraction of sp³-hybridized carbons (Fsp3) is 0.143. The zero-order chi connectivity index (χ0) is 10.7. The summed E-state index contributed by atoms with van der Waals surface area (Å²) in [5.41, 5.74) is 4.95. The van der Waals surface area contributed by atoms with Crippen LogP contribution in [0.25, 0.3) is 11.1 Å². The molecule has 1 N–H and O–H groups in total.